The molecular weight excluding hydrogens is 619 g/mol. The van der Waals surface area contributed by atoms with Crippen LogP contribution < -0.4 is 10.1 Å². The maximum absolute atomic E-state index is 14.0. The standard InChI is InChI=1S/C34H26F3N3O7/c35-34(36,37)23-9-5-11-26(17-23)47-25-10-4-8-22(16-25)29-27-28(31(42)39(30(27)41)19-21-6-2-1-3-7-21)33(38-29,32(43)44)18-20-12-14-24(15-13-20)40(45)46/h1-17,27-29,38H,18-19H2,(H,43,44). The number of non-ortho nitro benzene ring substituents is 1. The molecular formula is C34H26F3N3O7. The van der Waals surface area contributed by atoms with Crippen LogP contribution in [0.4, 0.5) is 18.9 Å². The van der Waals surface area contributed by atoms with Crippen LogP contribution in [-0.2, 0) is 33.5 Å². The third-order valence-electron chi connectivity index (χ3n) is 8.56. The van der Waals surface area contributed by atoms with Crippen LogP contribution in [0, 0.1) is 22.0 Å². The smallest absolute Gasteiger partial charge is 0.416 e. The van der Waals surface area contributed by atoms with E-state index in [1.165, 1.54) is 48.5 Å². The number of likely N-dealkylation sites (tertiary alicyclic amines) is 1. The summed E-state index contributed by atoms with van der Waals surface area (Å²) in [6.45, 7) is -0.0792. The number of rotatable bonds is 9. The molecule has 2 heterocycles. The lowest BCUT2D eigenvalue weighted by Gasteiger charge is -2.31. The molecule has 0 aromatic heterocycles. The lowest BCUT2D eigenvalue weighted by Crippen LogP contribution is -2.57. The van der Waals surface area contributed by atoms with Gasteiger partial charge in [0.25, 0.3) is 5.69 Å². The first-order chi connectivity index (χ1) is 22.4. The van der Waals surface area contributed by atoms with Gasteiger partial charge in [0.15, 0.2) is 0 Å². The summed E-state index contributed by atoms with van der Waals surface area (Å²) >= 11 is 0. The second-order valence-corrected chi connectivity index (χ2v) is 11.5. The molecule has 2 aliphatic heterocycles. The van der Waals surface area contributed by atoms with Crippen molar-refractivity contribution in [2.45, 2.75) is 30.7 Å². The molecule has 0 bridgehead atoms. The van der Waals surface area contributed by atoms with Crippen LogP contribution in [0.25, 0.3) is 0 Å². The van der Waals surface area contributed by atoms with Gasteiger partial charge in [0.05, 0.1) is 28.9 Å². The third kappa shape index (κ3) is 5.92. The quantitative estimate of drug-likeness (QED) is 0.130. The number of nitro groups is 1. The summed E-state index contributed by atoms with van der Waals surface area (Å²) in [6.07, 6.45) is -4.87. The molecule has 0 aliphatic carbocycles. The first-order valence-corrected chi connectivity index (χ1v) is 14.5. The minimum Gasteiger partial charge on any atom is -0.480 e. The van der Waals surface area contributed by atoms with Crippen LogP contribution in [0.1, 0.15) is 28.3 Å². The summed E-state index contributed by atoms with van der Waals surface area (Å²) in [6, 6.07) is 23.4. The molecule has 10 nitrogen and oxygen atoms in total. The van der Waals surface area contributed by atoms with Gasteiger partial charge in [-0.2, -0.15) is 13.2 Å². The number of fused-ring (bicyclic) bond motifs is 1. The number of amides is 2. The molecule has 4 unspecified atom stereocenters. The Morgan fingerprint density at radius 3 is 2.19 bits per heavy atom. The van der Waals surface area contributed by atoms with E-state index in [9.17, 15) is 42.8 Å². The topological polar surface area (TPSA) is 139 Å². The number of nitro benzene ring substituents is 1. The predicted octanol–water partition coefficient (Wildman–Crippen LogP) is 5.92. The minimum absolute atomic E-state index is 0.0792. The highest BCUT2D eigenvalue weighted by Crippen LogP contribution is 2.51. The van der Waals surface area contributed by atoms with Gasteiger partial charge in [-0.05, 0) is 47.0 Å². The summed E-state index contributed by atoms with van der Waals surface area (Å²) < 4.78 is 45.6. The zero-order valence-corrected chi connectivity index (χ0v) is 24.4. The number of nitrogens with one attached hydrogen (secondary N) is 1. The lowest BCUT2D eigenvalue weighted by molar-refractivity contribution is -0.384. The SMILES string of the molecule is O=C1C2C(c3cccc(Oc4cccc(C(F)(F)F)c4)c3)NC(Cc3ccc([N+](=O)[O-])cc3)(C(=O)O)C2C(=O)N1Cc1ccccc1. The van der Waals surface area contributed by atoms with Crippen molar-refractivity contribution in [1.29, 1.82) is 0 Å². The summed E-state index contributed by atoms with van der Waals surface area (Å²) in [5.41, 5.74) is -1.69. The van der Waals surface area contributed by atoms with E-state index in [0.29, 0.717) is 16.7 Å². The number of benzene rings is 4. The fourth-order valence-electron chi connectivity index (χ4n) is 6.41. The number of carbonyl (C=O) groups excluding carboxylic acids is 2. The highest BCUT2D eigenvalue weighted by atomic mass is 19.4. The molecule has 47 heavy (non-hydrogen) atoms. The summed E-state index contributed by atoms with van der Waals surface area (Å²) in [4.78, 5) is 52.9. The molecule has 0 spiro atoms. The number of hydrogen-bond donors (Lipinski definition) is 2. The van der Waals surface area contributed by atoms with Crippen LogP contribution in [0.2, 0.25) is 0 Å². The number of nitrogens with zero attached hydrogens (tertiary/aromatic N) is 2. The number of aliphatic carboxylic acids is 1. The van der Waals surface area contributed by atoms with E-state index in [0.717, 1.165) is 17.0 Å². The molecule has 2 aliphatic rings. The largest absolute Gasteiger partial charge is 0.480 e. The number of hydrogen-bond acceptors (Lipinski definition) is 7. The fraction of sp³-hybridized carbons (Fsp3) is 0.206. The summed E-state index contributed by atoms with van der Waals surface area (Å²) in [5, 5.41) is 25.0. The van der Waals surface area contributed by atoms with Gasteiger partial charge in [-0.25, -0.2) is 0 Å². The molecule has 0 saturated carbocycles. The zero-order chi connectivity index (χ0) is 33.5. The van der Waals surface area contributed by atoms with Crippen LogP contribution >= 0.6 is 0 Å². The molecule has 2 amide bonds. The molecule has 2 N–H and O–H groups in total. The molecule has 6 rings (SSSR count). The van der Waals surface area contributed by atoms with Crippen LogP contribution in [0.3, 0.4) is 0 Å². The van der Waals surface area contributed by atoms with E-state index in [-0.39, 0.29) is 30.2 Å². The predicted molar refractivity (Wildman–Crippen MR) is 160 cm³/mol. The second-order valence-electron chi connectivity index (χ2n) is 11.5. The number of carbonyl (C=O) groups is 3. The normalized spacial score (nSPS) is 22.3. The van der Waals surface area contributed by atoms with Gasteiger partial charge in [0.1, 0.15) is 17.0 Å². The first-order valence-electron chi connectivity index (χ1n) is 14.5. The van der Waals surface area contributed by atoms with Gasteiger partial charge in [-0.3, -0.25) is 34.7 Å². The summed E-state index contributed by atoms with van der Waals surface area (Å²) in [7, 11) is 0. The molecule has 13 heteroatoms. The van der Waals surface area contributed by atoms with Gasteiger partial charge in [0.2, 0.25) is 11.8 Å². The Balaban J connectivity index is 1.39. The van der Waals surface area contributed by atoms with Crippen molar-refractivity contribution in [2.24, 2.45) is 11.8 Å². The van der Waals surface area contributed by atoms with Crippen molar-refractivity contribution in [2.75, 3.05) is 0 Å². The number of imide groups is 1. The Labute approximate surface area is 265 Å². The number of alkyl halides is 3. The van der Waals surface area contributed by atoms with Crippen molar-refractivity contribution in [3.05, 3.63) is 135 Å². The Kier molecular flexibility index (Phi) is 8.01. The first kappa shape index (κ1) is 31.4. The molecule has 2 fully saturated rings. The average molecular weight is 646 g/mol. The van der Waals surface area contributed by atoms with Crippen molar-refractivity contribution in [3.63, 3.8) is 0 Å². The van der Waals surface area contributed by atoms with Crippen molar-refractivity contribution in [3.8, 4) is 11.5 Å². The van der Waals surface area contributed by atoms with E-state index < -0.39 is 57.9 Å². The number of carboxylic acids is 1. The number of halogens is 3. The number of ether oxygens (including phenoxy) is 1. The lowest BCUT2D eigenvalue weighted by atomic mass is 9.76. The molecule has 0 radical (unpaired) electrons. The van der Waals surface area contributed by atoms with Gasteiger partial charge < -0.3 is 9.84 Å². The Morgan fingerprint density at radius 2 is 1.55 bits per heavy atom. The molecule has 4 atom stereocenters. The molecule has 4 aromatic carbocycles. The van der Waals surface area contributed by atoms with E-state index in [1.807, 2.05) is 0 Å². The van der Waals surface area contributed by atoms with E-state index >= 15 is 0 Å². The monoisotopic (exact) mass is 645 g/mol. The highest BCUT2D eigenvalue weighted by molar-refractivity contribution is 6.09. The fourth-order valence-corrected chi connectivity index (χ4v) is 6.41. The van der Waals surface area contributed by atoms with E-state index in [1.54, 1.807) is 42.5 Å². The Hall–Kier alpha value is -5.56. The van der Waals surface area contributed by atoms with Gasteiger partial charge in [-0.15, -0.1) is 0 Å². The summed E-state index contributed by atoms with van der Waals surface area (Å²) in [5.74, 6) is -5.15. The van der Waals surface area contributed by atoms with E-state index in [2.05, 4.69) is 5.32 Å². The maximum Gasteiger partial charge on any atom is 0.416 e. The van der Waals surface area contributed by atoms with Crippen LogP contribution in [0.15, 0.2) is 103 Å². The van der Waals surface area contributed by atoms with Crippen LogP contribution in [0.5, 0.6) is 11.5 Å². The number of carboxylic acid groups (broad SMARTS) is 1. The van der Waals surface area contributed by atoms with Crippen molar-refractivity contribution in [1.82, 2.24) is 10.2 Å². The zero-order valence-electron chi connectivity index (χ0n) is 24.4. The van der Waals surface area contributed by atoms with E-state index in [4.69, 9.17) is 4.74 Å². The van der Waals surface area contributed by atoms with Gasteiger partial charge in [0, 0.05) is 24.6 Å². The highest BCUT2D eigenvalue weighted by Gasteiger charge is 2.68. The maximum atomic E-state index is 14.0. The second kappa shape index (κ2) is 12.0. The molecule has 2 saturated heterocycles. The third-order valence-corrected chi connectivity index (χ3v) is 8.56. The minimum atomic E-state index is -4.59. The Morgan fingerprint density at radius 1 is 0.894 bits per heavy atom. The molecule has 240 valence electrons. The Bertz CT molecular complexity index is 1870. The van der Waals surface area contributed by atoms with Gasteiger partial charge >= 0.3 is 12.1 Å². The van der Waals surface area contributed by atoms with Crippen LogP contribution in [-0.4, -0.2) is 38.3 Å². The average Bonchev–Trinajstić information content (AvgIpc) is 3.51. The van der Waals surface area contributed by atoms with Crippen molar-refractivity contribution < 1.29 is 42.3 Å². The molecule has 4 aromatic rings. The van der Waals surface area contributed by atoms with Crippen molar-refractivity contribution >= 4 is 23.5 Å². The van der Waals surface area contributed by atoms with Gasteiger partial charge in [-0.1, -0.05) is 60.7 Å².